The molecule has 0 radical (unpaired) electrons. The molecule has 0 unspecified atom stereocenters. The summed E-state index contributed by atoms with van der Waals surface area (Å²) < 4.78 is 35.0. The lowest BCUT2D eigenvalue weighted by Gasteiger charge is -2.35. The van der Waals surface area contributed by atoms with E-state index in [2.05, 4.69) is 15.2 Å². The predicted octanol–water partition coefficient (Wildman–Crippen LogP) is 4.69. The van der Waals surface area contributed by atoms with Gasteiger partial charge in [-0.1, -0.05) is 18.0 Å². The zero-order valence-corrected chi connectivity index (χ0v) is 26.1. The molecule has 1 fully saturated rings. The van der Waals surface area contributed by atoms with Gasteiger partial charge in [0.05, 0.1) is 29.6 Å². The number of anilines is 1. The van der Waals surface area contributed by atoms with E-state index >= 15 is 0 Å². The van der Waals surface area contributed by atoms with Crippen molar-refractivity contribution in [3.63, 3.8) is 0 Å². The van der Waals surface area contributed by atoms with Crippen LogP contribution in [0.4, 0.5) is 14.5 Å². The number of nitrogens with one attached hydrogen (secondary N) is 1. The monoisotopic (exact) mass is 630 g/mol. The van der Waals surface area contributed by atoms with Gasteiger partial charge < -0.3 is 29.3 Å². The zero-order valence-electron chi connectivity index (χ0n) is 25.3. The third-order valence-electron chi connectivity index (χ3n) is 7.61. The molecular formula is C31H37ClF2N6O4. The number of aromatic nitrogens is 2. The maximum absolute atomic E-state index is 14.6. The summed E-state index contributed by atoms with van der Waals surface area (Å²) in [6.45, 7) is 2.74. The van der Waals surface area contributed by atoms with E-state index in [9.17, 15) is 23.2 Å². The first kappa shape index (κ1) is 32.9. The molecule has 0 saturated carbocycles. The van der Waals surface area contributed by atoms with Crippen LogP contribution in [0.5, 0.6) is 5.75 Å². The highest BCUT2D eigenvalue weighted by molar-refractivity contribution is 6.34. The number of hydrogen-bond acceptors (Lipinski definition) is 6. The van der Waals surface area contributed by atoms with Crippen LogP contribution in [0.2, 0.25) is 5.02 Å². The molecule has 44 heavy (non-hydrogen) atoms. The Hall–Kier alpha value is -4.03. The highest BCUT2D eigenvalue weighted by Gasteiger charge is 2.26. The van der Waals surface area contributed by atoms with E-state index in [4.69, 9.17) is 16.3 Å². The smallest absolute Gasteiger partial charge is 0.291 e. The molecule has 10 nitrogen and oxygen atoms in total. The van der Waals surface area contributed by atoms with E-state index in [1.807, 2.05) is 14.1 Å². The van der Waals surface area contributed by atoms with Gasteiger partial charge in [-0.15, -0.1) is 0 Å². The second-order valence-electron chi connectivity index (χ2n) is 10.9. The van der Waals surface area contributed by atoms with E-state index < -0.39 is 17.5 Å². The quantitative estimate of drug-likeness (QED) is 0.309. The van der Waals surface area contributed by atoms with Crippen LogP contribution < -0.4 is 10.1 Å². The van der Waals surface area contributed by atoms with Crippen molar-refractivity contribution in [1.82, 2.24) is 24.3 Å². The van der Waals surface area contributed by atoms with E-state index in [0.29, 0.717) is 38.3 Å². The number of ether oxygens (including phenoxy) is 1. The standard InChI is InChI=1S/C31H37ClF2N6O4/c1-37(2)13-7-5-6-8-26(41)39-14-16-40(17-15-39)31(43)21-10-9-20(18-23(21)32)36-30(42)29-35-19-24(38(29)3)22-11-12-25(44-4)28(34)27(22)33/h9-12,18-19H,5-8,13-17H2,1-4H3,(H,36,42). The van der Waals surface area contributed by atoms with Crippen molar-refractivity contribution < 1.29 is 27.9 Å². The number of hydrogen-bond donors (Lipinski definition) is 1. The van der Waals surface area contributed by atoms with Crippen molar-refractivity contribution in [1.29, 1.82) is 0 Å². The van der Waals surface area contributed by atoms with Crippen LogP contribution in [-0.2, 0) is 11.8 Å². The molecule has 13 heteroatoms. The van der Waals surface area contributed by atoms with Crippen LogP contribution in [0.15, 0.2) is 36.5 Å². The SMILES string of the molecule is COc1ccc(-c2cnc(C(=O)Nc3ccc(C(=O)N4CCN(C(=O)CCCCCN(C)C)CC4)c(Cl)c3)n2C)c(F)c1F. The van der Waals surface area contributed by atoms with Crippen molar-refractivity contribution in [2.75, 3.05) is 59.2 Å². The Balaban J connectivity index is 1.33. The Morgan fingerprint density at radius 1 is 1.00 bits per heavy atom. The third-order valence-corrected chi connectivity index (χ3v) is 7.92. The topological polar surface area (TPSA) is 100 Å². The zero-order chi connectivity index (χ0) is 32.0. The molecule has 1 saturated heterocycles. The minimum absolute atomic E-state index is 0.0483. The first-order chi connectivity index (χ1) is 21.0. The molecule has 0 spiro atoms. The fraction of sp³-hybridized carbons (Fsp3) is 0.419. The van der Waals surface area contributed by atoms with Crippen molar-refractivity contribution >= 4 is 35.0 Å². The summed E-state index contributed by atoms with van der Waals surface area (Å²) in [5.74, 6) is -3.30. The van der Waals surface area contributed by atoms with Crippen LogP contribution in [0, 0.1) is 11.6 Å². The van der Waals surface area contributed by atoms with Crippen LogP contribution in [0.1, 0.15) is 46.7 Å². The molecule has 3 amide bonds. The maximum Gasteiger partial charge on any atom is 0.291 e. The number of carbonyl (C=O) groups is 3. The van der Waals surface area contributed by atoms with Gasteiger partial charge >= 0.3 is 0 Å². The normalized spacial score (nSPS) is 13.4. The first-order valence-corrected chi connectivity index (χ1v) is 14.8. The van der Waals surface area contributed by atoms with Crippen molar-refractivity contribution in [3.8, 4) is 17.0 Å². The molecule has 1 aliphatic heterocycles. The van der Waals surface area contributed by atoms with Crippen molar-refractivity contribution in [2.24, 2.45) is 7.05 Å². The van der Waals surface area contributed by atoms with Gasteiger partial charge in [0.15, 0.2) is 17.4 Å². The van der Waals surface area contributed by atoms with E-state index in [-0.39, 0.29) is 45.2 Å². The van der Waals surface area contributed by atoms with Gasteiger partial charge in [-0.3, -0.25) is 14.4 Å². The molecule has 4 rings (SSSR count). The Morgan fingerprint density at radius 2 is 1.70 bits per heavy atom. The lowest BCUT2D eigenvalue weighted by atomic mass is 10.1. The molecule has 1 N–H and O–H groups in total. The molecule has 2 aromatic carbocycles. The summed E-state index contributed by atoms with van der Waals surface area (Å²) in [5.41, 5.74) is 0.712. The largest absolute Gasteiger partial charge is 0.494 e. The molecule has 0 aliphatic carbocycles. The molecule has 2 heterocycles. The van der Waals surface area contributed by atoms with Crippen LogP contribution in [0.25, 0.3) is 11.3 Å². The summed E-state index contributed by atoms with van der Waals surface area (Å²) in [7, 11) is 6.81. The van der Waals surface area contributed by atoms with Gasteiger partial charge in [0.2, 0.25) is 11.7 Å². The predicted molar refractivity (Wildman–Crippen MR) is 164 cm³/mol. The fourth-order valence-electron chi connectivity index (χ4n) is 5.08. The summed E-state index contributed by atoms with van der Waals surface area (Å²) in [6.07, 6.45) is 4.70. The Labute approximate surface area is 260 Å². The first-order valence-electron chi connectivity index (χ1n) is 14.4. The van der Waals surface area contributed by atoms with Gasteiger partial charge in [0, 0.05) is 50.9 Å². The molecule has 236 valence electrons. The lowest BCUT2D eigenvalue weighted by molar-refractivity contribution is -0.132. The number of benzene rings is 2. The number of halogens is 3. The Kier molecular flexibility index (Phi) is 10.9. The molecule has 0 bridgehead atoms. The Bertz CT molecular complexity index is 1520. The van der Waals surface area contributed by atoms with Crippen LogP contribution in [-0.4, -0.2) is 95.9 Å². The summed E-state index contributed by atoms with van der Waals surface area (Å²) in [5, 5.41) is 2.83. The van der Waals surface area contributed by atoms with Gasteiger partial charge in [-0.05, 0) is 63.8 Å². The third kappa shape index (κ3) is 7.54. The molecule has 0 atom stereocenters. The van der Waals surface area contributed by atoms with Crippen LogP contribution >= 0.6 is 11.6 Å². The number of methoxy groups -OCH3 is 1. The fourth-order valence-corrected chi connectivity index (χ4v) is 5.34. The second kappa shape index (κ2) is 14.6. The summed E-state index contributed by atoms with van der Waals surface area (Å²) in [4.78, 5) is 48.4. The molecule has 3 aromatic rings. The van der Waals surface area contributed by atoms with E-state index in [1.165, 1.54) is 49.2 Å². The van der Waals surface area contributed by atoms with Gasteiger partial charge in [-0.2, -0.15) is 4.39 Å². The number of imidazole rings is 1. The summed E-state index contributed by atoms with van der Waals surface area (Å²) in [6, 6.07) is 7.18. The van der Waals surface area contributed by atoms with E-state index in [0.717, 1.165) is 25.8 Å². The number of amides is 3. The minimum atomic E-state index is -1.14. The molecule has 1 aromatic heterocycles. The maximum atomic E-state index is 14.6. The number of carbonyl (C=O) groups excluding carboxylic acids is 3. The number of piperazine rings is 1. The minimum Gasteiger partial charge on any atom is -0.494 e. The van der Waals surface area contributed by atoms with Crippen molar-refractivity contribution in [3.05, 3.63) is 64.6 Å². The average Bonchev–Trinajstić information content (AvgIpc) is 3.38. The highest BCUT2D eigenvalue weighted by atomic mass is 35.5. The molecule has 1 aliphatic rings. The summed E-state index contributed by atoms with van der Waals surface area (Å²) >= 11 is 6.45. The number of nitrogens with zero attached hydrogens (tertiary/aromatic N) is 5. The molecular weight excluding hydrogens is 594 g/mol. The number of unbranched alkanes of at least 4 members (excludes halogenated alkanes) is 2. The average molecular weight is 631 g/mol. The lowest BCUT2D eigenvalue weighted by Crippen LogP contribution is -2.50. The van der Waals surface area contributed by atoms with E-state index in [1.54, 1.807) is 15.9 Å². The second-order valence-corrected chi connectivity index (χ2v) is 11.3. The van der Waals surface area contributed by atoms with Crippen molar-refractivity contribution in [2.45, 2.75) is 25.7 Å². The van der Waals surface area contributed by atoms with Crippen LogP contribution in [0.3, 0.4) is 0 Å². The van der Waals surface area contributed by atoms with Gasteiger partial charge in [0.1, 0.15) is 0 Å². The Morgan fingerprint density at radius 3 is 2.36 bits per heavy atom. The van der Waals surface area contributed by atoms with Gasteiger partial charge in [-0.25, -0.2) is 9.37 Å². The number of rotatable bonds is 11. The highest BCUT2D eigenvalue weighted by Crippen LogP contribution is 2.30. The van der Waals surface area contributed by atoms with Gasteiger partial charge in [0.25, 0.3) is 11.8 Å².